The van der Waals surface area contributed by atoms with Crippen LogP contribution in [-0.2, 0) is 9.53 Å². The average Bonchev–Trinajstić information content (AvgIpc) is 3.21. The molecule has 1 unspecified atom stereocenters. The number of hydrogen-bond donors (Lipinski definition) is 0. The Kier molecular flexibility index (Phi) is 7.62. The molecule has 1 aromatic heterocycles. The first kappa shape index (κ1) is 26.6. The monoisotopic (exact) mass is 539 g/mol. The topological polar surface area (TPSA) is 131 Å². The van der Waals surface area contributed by atoms with Crippen LogP contribution in [0.1, 0.15) is 31.0 Å². The number of esters is 1. The van der Waals surface area contributed by atoms with Gasteiger partial charge in [-0.2, -0.15) is 0 Å². The summed E-state index contributed by atoms with van der Waals surface area (Å²) >= 11 is 1.06. The third-order valence-electron chi connectivity index (χ3n) is 5.94. The van der Waals surface area contributed by atoms with Crippen LogP contribution in [0.15, 0.2) is 57.5 Å². The predicted octanol–water partition coefficient (Wildman–Crippen LogP) is 2.73. The predicted molar refractivity (Wildman–Crippen MR) is 140 cm³/mol. The van der Waals surface area contributed by atoms with Crippen LogP contribution >= 0.6 is 11.3 Å². The second kappa shape index (κ2) is 10.9. The van der Waals surface area contributed by atoms with Gasteiger partial charge in [-0.3, -0.25) is 19.5 Å². The number of aromatic nitrogens is 1. The van der Waals surface area contributed by atoms with Crippen molar-refractivity contribution in [3.05, 3.63) is 88.6 Å². The molecule has 3 aromatic rings. The second-order valence-corrected chi connectivity index (χ2v) is 9.11. The van der Waals surface area contributed by atoms with Crippen LogP contribution in [0.2, 0.25) is 0 Å². The number of nitrogens with zero attached hydrogens (tertiary/aromatic N) is 3. The highest BCUT2D eigenvalue weighted by molar-refractivity contribution is 7.07. The van der Waals surface area contributed by atoms with Crippen LogP contribution in [0.4, 0.5) is 5.69 Å². The quantitative estimate of drug-likeness (QED) is 0.243. The third-order valence-corrected chi connectivity index (χ3v) is 6.93. The van der Waals surface area contributed by atoms with Crippen molar-refractivity contribution in [2.45, 2.75) is 19.9 Å². The van der Waals surface area contributed by atoms with E-state index in [4.69, 9.17) is 18.9 Å². The highest BCUT2D eigenvalue weighted by Gasteiger charge is 2.33. The summed E-state index contributed by atoms with van der Waals surface area (Å²) in [7, 11) is 4.31. The van der Waals surface area contributed by atoms with E-state index in [-0.39, 0.29) is 39.5 Å². The van der Waals surface area contributed by atoms with Crippen molar-refractivity contribution in [3.8, 4) is 17.2 Å². The van der Waals surface area contributed by atoms with Crippen LogP contribution in [0, 0.1) is 10.1 Å². The molecule has 1 aliphatic heterocycles. The highest BCUT2D eigenvalue weighted by atomic mass is 32.1. The van der Waals surface area contributed by atoms with E-state index in [9.17, 15) is 19.7 Å². The van der Waals surface area contributed by atoms with Gasteiger partial charge in [0.15, 0.2) is 16.3 Å². The van der Waals surface area contributed by atoms with Crippen LogP contribution in [-0.4, -0.2) is 43.4 Å². The summed E-state index contributed by atoms with van der Waals surface area (Å²) in [4.78, 5) is 42.9. The number of allylic oxidation sites excluding steroid dienone is 1. The molecule has 0 fully saturated rings. The van der Waals surface area contributed by atoms with Crippen LogP contribution in [0.25, 0.3) is 6.08 Å². The average molecular weight is 540 g/mol. The molecule has 0 saturated heterocycles. The number of nitro groups is 1. The first-order valence-electron chi connectivity index (χ1n) is 11.5. The molecular weight excluding hydrogens is 514 g/mol. The summed E-state index contributed by atoms with van der Waals surface area (Å²) in [5.41, 5.74) is 0.655. The zero-order valence-corrected chi connectivity index (χ0v) is 22.2. The van der Waals surface area contributed by atoms with Crippen molar-refractivity contribution in [3.63, 3.8) is 0 Å². The van der Waals surface area contributed by atoms with Gasteiger partial charge >= 0.3 is 5.97 Å². The first-order chi connectivity index (χ1) is 18.2. The molecule has 1 aliphatic rings. The summed E-state index contributed by atoms with van der Waals surface area (Å²) in [5, 5.41) is 11.8. The molecule has 38 heavy (non-hydrogen) atoms. The zero-order chi connectivity index (χ0) is 27.6. The van der Waals surface area contributed by atoms with Gasteiger partial charge in [-0.1, -0.05) is 23.5 Å². The van der Waals surface area contributed by atoms with Crippen LogP contribution in [0.5, 0.6) is 17.2 Å². The zero-order valence-electron chi connectivity index (χ0n) is 21.3. The van der Waals surface area contributed by atoms with E-state index in [1.54, 1.807) is 38.1 Å². The Balaban J connectivity index is 2.00. The standard InChI is InChI=1S/C26H25N3O8S/c1-6-37-25(31)22-14(2)27-26-28(23(22)15-8-7-9-17(10-15)34-3)24(30)21(38-26)12-16-11-19(35-4)20(36-5)13-18(16)29(32)33/h7-13,23H,6H2,1-5H3. The van der Waals surface area contributed by atoms with Gasteiger partial charge in [-0.15, -0.1) is 0 Å². The van der Waals surface area contributed by atoms with Crippen LogP contribution in [0.3, 0.4) is 0 Å². The molecule has 2 heterocycles. The molecule has 11 nitrogen and oxygen atoms in total. The molecule has 198 valence electrons. The minimum atomic E-state index is -0.845. The van der Waals surface area contributed by atoms with E-state index < -0.39 is 22.5 Å². The maximum Gasteiger partial charge on any atom is 0.338 e. The van der Waals surface area contributed by atoms with E-state index >= 15 is 0 Å². The van der Waals surface area contributed by atoms with Gasteiger partial charge in [0.25, 0.3) is 11.2 Å². The Morgan fingerprint density at radius 2 is 1.87 bits per heavy atom. The van der Waals surface area contributed by atoms with E-state index in [0.29, 0.717) is 21.8 Å². The smallest absolute Gasteiger partial charge is 0.338 e. The Morgan fingerprint density at radius 1 is 1.16 bits per heavy atom. The Hall–Kier alpha value is -4.45. The Morgan fingerprint density at radius 3 is 2.50 bits per heavy atom. The number of fused-ring (bicyclic) bond motifs is 1. The van der Waals surface area contributed by atoms with Gasteiger partial charge in [0.2, 0.25) is 0 Å². The fraction of sp³-hybridized carbons (Fsp3) is 0.269. The summed E-state index contributed by atoms with van der Waals surface area (Å²) in [6, 6.07) is 8.86. The molecule has 0 saturated carbocycles. The molecule has 1 atom stereocenters. The minimum Gasteiger partial charge on any atom is -0.497 e. The molecule has 4 rings (SSSR count). The summed E-state index contributed by atoms with van der Waals surface area (Å²) in [6.07, 6.45) is 1.41. The molecule has 0 aliphatic carbocycles. The van der Waals surface area contributed by atoms with Crippen molar-refractivity contribution in [2.24, 2.45) is 4.99 Å². The highest BCUT2D eigenvalue weighted by Crippen LogP contribution is 2.35. The molecule has 0 bridgehead atoms. The van der Waals surface area contributed by atoms with E-state index in [1.807, 2.05) is 0 Å². The number of methoxy groups -OCH3 is 3. The molecular formula is C26H25N3O8S. The SMILES string of the molecule is CCOC(=O)C1=C(C)N=c2sc(=Cc3cc(OC)c(OC)cc3[N+](=O)[O-])c(=O)n2C1c1cccc(OC)c1. The Labute approximate surface area is 221 Å². The summed E-state index contributed by atoms with van der Waals surface area (Å²) < 4.78 is 22.7. The maximum absolute atomic E-state index is 13.8. The van der Waals surface area contributed by atoms with Gasteiger partial charge in [-0.05, 0) is 43.7 Å². The van der Waals surface area contributed by atoms with E-state index in [0.717, 1.165) is 11.3 Å². The van der Waals surface area contributed by atoms with Gasteiger partial charge in [0.1, 0.15) is 5.75 Å². The molecule has 12 heteroatoms. The number of ether oxygens (including phenoxy) is 4. The molecule has 0 amide bonds. The van der Waals surface area contributed by atoms with E-state index in [2.05, 4.69) is 4.99 Å². The van der Waals surface area contributed by atoms with Gasteiger partial charge in [-0.25, -0.2) is 9.79 Å². The fourth-order valence-corrected chi connectivity index (χ4v) is 5.25. The largest absolute Gasteiger partial charge is 0.497 e. The fourth-order valence-electron chi connectivity index (χ4n) is 4.22. The number of rotatable bonds is 8. The number of benzene rings is 2. The van der Waals surface area contributed by atoms with Crippen LogP contribution < -0.4 is 29.1 Å². The van der Waals surface area contributed by atoms with Crippen molar-refractivity contribution < 1.29 is 28.7 Å². The molecule has 2 aromatic carbocycles. The van der Waals surface area contributed by atoms with Gasteiger partial charge < -0.3 is 18.9 Å². The van der Waals surface area contributed by atoms with Crippen molar-refractivity contribution in [1.29, 1.82) is 0 Å². The summed E-state index contributed by atoms with van der Waals surface area (Å²) in [6.45, 7) is 3.52. The lowest BCUT2D eigenvalue weighted by Gasteiger charge is -2.25. The lowest BCUT2D eigenvalue weighted by molar-refractivity contribution is -0.385. The van der Waals surface area contributed by atoms with Crippen molar-refractivity contribution >= 4 is 29.1 Å². The molecule has 0 radical (unpaired) electrons. The minimum absolute atomic E-state index is 0.147. The lowest BCUT2D eigenvalue weighted by Crippen LogP contribution is -2.39. The normalized spacial score (nSPS) is 15.0. The Bertz CT molecular complexity index is 1640. The third kappa shape index (κ3) is 4.77. The van der Waals surface area contributed by atoms with Gasteiger partial charge in [0.05, 0.1) is 66.3 Å². The number of thiazole rings is 1. The molecule has 0 N–H and O–H groups in total. The number of carbonyl (C=O) groups is 1. The summed E-state index contributed by atoms with van der Waals surface area (Å²) in [5.74, 6) is 0.409. The van der Waals surface area contributed by atoms with E-state index in [1.165, 1.54) is 44.1 Å². The first-order valence-corrected chi connectivity index (χ1v) is 12.3. The number of hydrogen-bond acceptors (Lipinski definition) is 10. The van der Waals surface area contributed by atoms with Crippen molar-refractivity contribution in [2.75, 3.05) is 27.9 Å². The maximum atomic E-state index is 13.8. The number of carbonyl (C=O) groups excluding carboxylic acids is 1. The molecule has 0 spiro atoms. The lowest BCUT2D eigenvalue weighted by atomic mass is 9.95. The van der Waals surface area contributed by atoms with Crippen molar-refractivity contribution in [1.82, 2.24) is 4.57 Å². The van der Waals surface area contributed by atoms with Gasteiger partial charge in [0, 0.05) is 0 Å². The second-order valence-electron chi connectivity index (χ2n) is 8.10. The number of nitro benzene ring substituents is 1.